The van der Waals surface area contributed by atoms with Crippen LogP contribution in [-0.4, -0.2) is 38.7 Å². The van der Waals surface area contributed by atoms with Crippen LogP contribution in [0.1, 0.15) is 33.6 Å². The first-order chi connectivity index (χ1) is 13.0. The SMILES string of the molecule is CC1=CC2C(CC[C@H](C)[C@H]2O)[C@@](C)(C(=O)OCOCC[Si](C)(C)C)[C@H]1/C=C/I. The Morgan fingerprint density at radius 1 is 1.39 bits per heavy atom. The maximum absolute atomic E-state index is 13.3. The highest BCUT2D eigenvalue weighted by atomic mass is 127. The van der Waals surface area contributed by atoms with E-state index < -0.39 is 19.6 Å². The summed E-state index contributed by atoms with van der Waals surface area (Å²) in [6.45, 7) is 13.7. The van der Waals surface area contributed by atoms with E-state index in [0.29, 0.717) is 6.61 Å². The van der Waals surface area contributed by atoms with Gasteiger partial charge in [0.05, 0.1) is 11.5 Å². The molecule has 0 aromatic carbocycles. The Balaban J connectivity index is 2.17. The largest absolute Gasteiger partial charge is 0.438 e. The maximum Gasteiger partial charge on any atom is 0.315 e. The summed E-state index contributed by atoms with van der Waals surface area (Å²) in [5.74, 6) is 0.125. The van der Waals surface area contributed by atoms with Crippen molar-refractivity contribution in [2.75, 3.05) is 13.4 Å². The number of aliphatic hydroxyl groups is 1. The Hall–Kier alpha value is -0.183. The third-order valence-electron chi connectivity index (χ3n) is 6.71. The Bertz CT molecular complexity index is 612. The fourth-order valence-electron chi connectivity index (χ4n) is 4.84. The lowest BCUT2D eigenvalue weighted by Gasteiger charge is -2.52. The molecule has 0 aliphatic heterocycles. The molecule has 0 aromatic rings. The van der Waals surface area contributed by atoms with E-state index in [-0.39, 0.29) is 36.4 Å². The number of rotatable bonds is 7. The van der Waals surface area contributed by atoms with Gasteiger partial charge in [0.15, 0.2) is 6.79 Å². The van der Waals surface area contributed by atoms with E-state index in [2.05, 4.69) is 68.2 Å². The molecule has 4 nitrogen and oxygen atoms in total. The number of fused-ring (bicyclic) bond motifs is 1. The number of hydrogen-bond acceptors (Lipinski definition) is 4. The van der Waals surface area contributed by atoms with Crippen molar-refractivity contribution < 1.29 is 19.4 Å². The van der Waals surface area contributed by atoms with E-state index in [0.717, 1.165) is 24.5 Å². The minimum atomic E-state index is -1.16. The monoisotopic (exact) mass is 520 g/mol. The summed E-state index contributed by atoms with van der Waals surface area (Å²) in [5.41, 5.74) is 0.454. The summed E-state index contributed by atoms with van der Waals surface area (Å²) < 4.78 is 13.2. The normalized spacial score (nSPS) is 36.1. The molecule has 1 N–H and O–H groups in total. The molecule has 0 radical (unpaired) electrons. The molecule has 28 heavy (non-hydrogen) atoms. The maximum atomic E-state index is 13.3. The summed E-state index contributed by atoms with van der Waals surface area (Å²) >= 11 is 2.21. The quantitative estimate of drug-likeness (QED) is 0.122. The van der Waals surface area contributed by atoms with E-state index in [4.69, 9.17) is 9.47 Å². The van der Waals surface area contributed by atoms with Crippen LogP contribution >= 0.6 is 22.6 Å². The summed E-state index contributed by atoms with van der Waals surface area (Å²) in [5, 5.41) is 10.8. The number of allylic oxidation sites excluding steroid dienone is 2. The molecule has 1 fully saturated rings. The summed E-state index contributed by atoms with van der Waals surface area (Å²) in [4.78, 5) is 13.3. The first-order valence-electron chi connectivity index (χ1n) is 10.4. The van der Waals surface area contributed by atoms with Gasteiger partial charge in [-0.2, -0.15) is 0 Å². The first kappa shape index (κ1) is 24.1. The molecule has 0 amide bonds. The lowest BCUT2D eigenvalue weighted by Crippen LogP contribution is -2.54. The molecule has 6 atom stereocenters. The van der Waals surface area contributed by atoms with Gasteiger partial charge in [-0.15, -0.1) is 0 Å². The Morgan fingerprint density at radius 3 is 2.68 bits per heavy atom. The molecule has 2 unspecified atom stereocenters. The van der Waals surface area contributed by atoms with Gasteiger partial charge in [-0.05, 0) is 48.7 Å². The molecule has 0 spiro atoms. The van der Waals surface area contributed by atoms with Crippen molar-refractivity contribution in [1.82, 2.24) is 0 Å². The number of hydrogen-bond donors (Lipinski definition) is 1. The molecule has 6 heteroatoms. The average molecular weight is 521 g/mol. The summed E-state index contributed by atoms with van der Waals surface area (Å²) in [6.07, 6.45) is 5.76. The van der Waals surface area contributed by atoms with E-state index in [1.54, 1.807) is 0 Å². The second kappa shape index (κ2) is 9.75. The Kier molecular flexibility index (Phi) is 8.39. The van der Waals surface area contributed by atoms with Crippen LogP contribution < -0.4 is 0 Å². The lowest BCUT2D eigenvalue weighted by molar-refractivity contribution is -0.178. The number of carbonyl (C=O) groups excluding carboxylic acids is 1. The minimum absolute atomic E-state index is 0.00738. The zero-order valence-electron chi connectivity index (χ0n) is 18.2. The second-order valence-electron chi connectivity index (χ2n) is 9.99. The third-order valence-corrected chi connectivity index (χ3v) is 8.83. The van der Waals surface area contributed by atoms with Crippen LogP contribution in [0.4, 0.5) is 0 Å². The van der Waals surface area contributed by atoms with Crippen LogP contribution in [0.3, 0.4) is 0 Å². The van der Waals surface area contributed by atoms with Crippen LogP contribution in [-0.2, 0) is 14.3 Å². The highest BCUT2D eigenvalue weighted by Gasteiger charge is 2.56. The van der Waals surface area contributed by atoms with Crippen LogP contribution in [0.25, 0.3) is 0 Å². The minimum Gasteiger partial charge on any atom is -0.438 e. The zero-order valence-corrected chi connectivity index (χ0v) is 21.4. The summed E-state index contributed by atoms with van der Waals surface area (Å²) in [6, 6.07) is 1.05. The molecule has 0 heterocycles. The molecule has 1 saturated carbocycles. The fraction of sp³-hybridized carbons (Fsp3) is 0.773. The van der Waals surface area contributed by atoms with E-state index >= 15 is 0 Å². The van der Waals surface area contributed by atoms with Gasteiger partial charge in [-0.25, -0.2) is 0 Å². The first-order valence-corrected chi connectivity index (χ1v) is 15.4. The highest BCUT2D eigenvalue weighted by molar-refractivity contribution is 14.1. The number of ether oxygens (including phenoxy) is 2. The number of aliphatic hydroxyl groups excluding tert-OH is 1. The van der Waals surface area contributed by atoms with Crippen molar-refractivity contribution >= 4 is 36.6 Å². The zero-order chi connectivity index (χ0) is 21.1. The third kappa shape index (κ3) is 5.29. The second-order valence-corrected chi connectivity index (χ2v) is 16.3. The molecular formula is C22H37IO4Si. The Labute approximate surface area is 185 Å². The van der Waals surface area contributed by atoms with E-state index in [9.17, 15) is 9.90 Å². The fourth-order valence-corrected chi connectivity index (χ4v) is 6.01. The van der Waals surface area contributed by atoms with Gasteiger partial charge in [0.2, 0.25) is 0 Å². The summed E-state index contributed by atoms with van der Waals surface area (Å²) in [7, 11) is -1.16. The number of esters is 1. The van der Waals surface area contributed by atoms with E-state index in [1.807, 2.05) is 11.0 Å². The van der Waals surface area contributed by atoms with Crippen molar-refractivity contribution in [2.24, 2.45) is 29.1 Å². The number of halogens is 1. The van der Waals surface area contributed by atoms with E-state index in [1.165, 1.54) is 0 Å². The van der Waals surface area contributed by atoms with Gasteiger partial charge >= 0.3 is 5.97 Å². The smallest absolute Gasteiger partial charge is 0.315 e. The average Bonchev–Trinajstić information content (AvgIpc) is 2.60. The van der Waals surface area contributed by atoms with Crippen molar-refractivity contribution in [2.45, 2.75) is 65.4 Å². The van der Waals surface area contributed by atoms with Crippen LogP contribution in [0.5, 0.6) is 0 Å². The number of carbonyl (C=O) groups is 1. The van der Waals surface area contributed by atoms with Gasteiger partial charge in [0, 0.05) is 26.5 Å². The van der Waals surface area contributed by atoms with Crippen molar-refractivity contribution in [3.05, 3.63) is 21.8 Å². The van der Waals surface area contributed by atoms with Crippen molar-refractivity contribution in [1.29, 1.82) is 0 Å². The molecule has 2 aliphatic carbocycles. The predicted molar refractivity (Wildman–Crippen MR) is 125 cm³/mol. The van der Waals surface area contributed by atoms with Crippen molar-refractivity contribution in [3.8, 4) is 0 Å². The van der Waals surface area contributed by atoms with Gasteiger partial charge in [-0.1, -0.05) is 66.9 Å². The molecule has 0 aromatic heterocycles. The standard InChI is InChI=1S/C22H37IO4Si/c1-15-7-8-19-17(20(15)24)13-16(2)18(9-10-23)22(19,3)21(25)27-14-26-11-12-28(4,5)6/h9-10,13,15,17-20,24H,7-8,11-12,14H2,1-6H3/b10-9+/t15-,17?,18-,19?,20+,22-/m0/s1. The van der Waals surface area contributed by atoms with Crippen molar-refractivity contribution in [3.63, 3.8) is 0 Å². The highest BCUT2D eigenvalue weighted by Crippen LogP contribution is 2.55. The van der Waals surface area contributed by atoms with Crippen LogP contribution in [0.15, 0.2) is 21.8 Å². The van der Waals surface area contributed by atoms with Crippen LogP contribution in [0.2, 0.25) is 25.7 Å². The molecule has 0 bridgehead atoms. The lowest BCUT2D eigenvalue weighted by atomic mass is 9.53. The molecule has 160 valence electrons. The van der Waals surface area contributed by atoms with Crippen LogP contribution in [0, 0.1) is 29.1 Å². The van der Waals surface area contributed by atoms with Gasteiger partial charge in [0.1, 0.15) is 0 Å². The predicted octanol–water partition coefficient (Wildman–Crippen LogP) is 5.40. The molecule has 2 aliphatic rings. The molecule has 2 rings (SSSR count). The van der Waals surface area contributed by atoms with Gasteiger partial charge in [0.25, 0.3) is 0 Å². The topological polar surface area (TPSA) is 55.8 Å². The Morgan fingerprint density at radius 2 is 2.07 bits per heavy atom. The van der Waals surface area contributed by atoms with Gasteiger partial charge < -0.3 is 14.6 Å². The molecule has 0 saturated heterocycles. The van der Waals surface area contributed by atoms with Gasteiger partial charge in [-0.3, -0.25) is 4.79 Å². The molecular weight excluding hydrogens is 483 g/mol.